The van der Waals surface area contributed by atoms with Crippen LogP contribution in [0.3, 0.4) is 0 Å². The molecule has 27 heavy (non-hydrogen) atoms. The Morgan fingerprint density at radius 3 is 2.74 bits per heavy atom. The standard InChI is InChI=1S/C20H22N4O3/c1-4-24(12-18(25)21-16-7-5-6-8-17(16)27-3)20(26)19-14-11-13(2)9-10-15(14)22-23-19/h5-11H,4,12H2,1-3H3,(H,21,25)(H,22,23). The maximum atomic E-state index is 12.9. The van der Waals surface area contributed by atoms with Crippen molar-refractivity contribution in [1.29, 1.82) is 0 Å². The lowest BCUT2D eigenvalue weighted by Gasteiger charge is -2.20. The second-order valence-electron chi connectivity index (χ2n) is 6.19. The molecule has 0 saturated carbocycles. The smallest absolute Gasteiger partial charge is 0.275 e. The fraction of sp³-hybridized carbons (Fsp3) is 0.250. The monoisotopic (exact) mass is 366 g/mol. The molecular weight excluding hydrogens is 344 g/mol. The largest absolute Gasteiger partial charge is 0.495 e. The quantitative estimate of drug-likeness (QED) is 0.702. The Balaban J connectivity index is 1.77. The van der Waals surface area contributed by atoms with E-state index in [4.69, 9.17) is 4.74 Å². The lowest BCUT2D eigenvalue weighted by molar-refractivity contribution is -0.116. The first-order chi connectivity index (χ1) is 13.0. The van der Waals surface area contributed by atoms with Crippen molar-refractivity contribution in [1.82, 2.24) is 15.1 Å². The summed E-state index contributed by atoms with van der Waals surface area (Å²) in [5.41, 5.74) is 2.71. The van der Waals surface area contributed by atoms with Crippen LogP contribution in [0.15, 0.2) is 42.5 Å². The minimum absolute atomic E-state index is 0.0758. The number of rotatable bonds is 6. The van der Waals surface area contributed by atoms with E-state index in [0.717, 1.165) is 16.5 Å². The first-order valence-corrected chi connectivity index (χ1v) is 8.70. The summed E-state index contributed by atoms with van der Waals surface area (Å²) >= 11 is 0. The van der Waals surface area contributed by atoms with Crippen LogP contribution >= 0.6 is 0 Å². The summed E-state index contributed by atoms with van der Waals surface area (Å²) in [5.74, 6) is -0.0238. The van der Waals surface area contributed by atoms with Gasteiger partial charge in [-0.25, -0.2) is 0 Å². The number of aromatic amines is 1. The summed E-state index contributed by atoms with van der Waals surface area (Å²) in [6.07, 6.45) is 0. The number of anilines is 1. The number of aromatic nitrogens is 2. The number of ether oxygens (including phenoxy) is 1. The molecule has 0 aliphatic rings. The van der Waals surface area contributed by atoms with Gasteiger partial charge >= 0.3 is 0 Å². The van der Waals surface area contributed by atoms with E-state index in [1.807, 2.05) is 38.1 Å². The zero-order valence-electron chi connectivity index (χ0n) is 15.6. The summed E-state index contributed by atoms with van der Waals surface area (Å²) in [6.45, 7) is 4.10. The number of H-pyrrole nitrogens is 1. The molecule has 2 amide bonds. The van der Waals surface area contributed by atoms with Crippen LogP contribution in [0.5, 0.6) is 5.75 Å². The lowest BCUT2D eigenvalue weighted by Crippen LogP contribution is -2.38. The van der Waals surface area contributed by atoms with Gasteiger partial charge in [0.15, 0.2) is 5.69 Å². The molecule has 0 unspecified atom stereocenters. The van der Waals surface area contributed by atoms with E-state index < -0.39 is 0 Å². The predicted octanol–water partition coefficient (Wildman–Crippen LogP) is 2.98. The Kier molecular flexibility index (Phi) is 5.40. The third-order valence-corrected chi connectivity index (χ3v) is 4.31. The van der Waals surface area contributed by atoms with Crippen molar-refractivity contribution in [2.75, 3.05) is 25.5 Å². The Labute approximate surface area is 157 Å². The maximum absolute atomic E-state index is 12.9. The molecule has 3 rings (SSSR count). The van der Waals surface area contributed by atoms with Gasteiger partial charge in [-0.2, -0.15) is 5.10 Å². The normalized spacial score (nSPS) is 10.6. The third kappa shape index (κ3) is 3.92. The number of para-hydroxylation sites is 2. The van der Waals surface area contributed by atoms with E-state index in [0.29, 0.717) is 23.7 Å². The Morgan fingerprint density at radius 2 is 2.00 bits per heavy atom. The van der Waals surface area contributed by atoms with Crippen LogP contribution in [0.4, 0.5) is 5.69 Å². The van der Waals surface area contributed by atoms with Crippen molar-refractivity contribution < 1.29 is 14.3 Å². The molecule has 0 aliphatic heterocycles. The van der Waals surface area contributed by atoms with Crippen molar-refractivity contribution in [3.05, 3.63) is 53.7 Å². The second kappa shape index (κ2) is 7.90. The summed E-state index contributed by atoms with van der Waals surface area (Å²) in [7, 11) is 1.54. The highest BCUT2D eigenvalue weighted by atomic mass is 16.5. The molecular formula is C20H22N4O3. The van der Waals surface area contributed by atoms with E-state index >= 15 is 0 Å². The van der Waals surface area contributed by atoms with E-state index in [2.05, 4.69) is 15.5 Å². The number of fused-ring (bicyclic) bond motifs is 1. The Hall–Kier alpha value is -3.35. The summed E-state index contributed by atoms with van der Waals surface area (Å²) < 4.78 is 5.23. The fourth-order valence-corrected chi connectivity index (χ4v) is 2.88. The van der Waals surface area contributed by atoms with Crippen LogP contribution in [-0.2, 0) is 4.79 Å². The Morgan fingerprint density at radius 1 is 1.22 bits per heavy atom. The first-order valence-electron chi connectivity index (χ1n) is 8.70. The van der Waals surface area contributed by atoms with Crippen LogP contribution in [0.2, 0.25) is 0 Å². The van der Waals surface area contributed by atoms with Gasteiger partial charge in [-0.15, -0.1) is 0 Å². The van der Waals surface area contributed by atoms with E-state index in [1.54, 1.807) is 18.2 Å². The number of carbonyl (C=O) groups excluding carboxylic acids is 2. The van der Waals surface area contributed by atoms with Crippen LogP contribution < -0.4 is 10.1 Å². The molecule has 0 spiro atoms. The number of likely N-dealkylation sites (N-methyl/N-ethyl adjacent to an activating group) is 1. The molecule has 1 aromatic heterocycles. The molecule has 0 atom stereocenters. The fourth-order valence-electron chi connectivity index (χ4n) is 2.88. The van der Waals surface area contributed by atoms with Gasteiger partial charge in [-0.1, -0.05) is 23.8 Å². The summed E-state index contributed by atoms with van der Waals surface area (Å²) in [5, 5.41) is 10.6. The minimum Gasteiger partial charge on any atom is -0.495 e. The summed E-state index contributed by atoms with van der Waals surface area (Å²) in [6, 6.07) is 12.9. The van der Waals surface area contributed by atoms with Gasteiger partial charge in [0.1, 0.15) is 12.3 Å². The number of hydrogen-bond acceptors (Lipinski definition) is 4. The zero-order valence-corrected chi connectivity index (χ0v) is 15.6. The van der Waals surface area contributed by atoms with Crippen LogP contribution in [0.1, 0.15) is 23.0 Å². The lowest BCUT2D eigenvalue weighted by atomic mass is 10.1. The molecule has 3 aromatic rings. The molecule has 0 aliphatic carbocycles. The van der Waals surface area contributed by atoms with E-state index in [9.17, 15) is 9.59 Å². The third-order valence-electron chi connectivity index (χ3n) is 4.31. The predicted molar refractivity (Wildman–Crippen MR) is 104 cm³/mol. The first kappa shape index (κ1) is 18.4. The molecule has 140 valence electrons. The van der Waals surface area contributed by atoms with Gasteiger partial charge in [-0.05, 0) is 38.1 Å². The molecule has 1 heterocycles. The maximum Gasteiger partial charge on any atom is 0.275 e. The number of hydrogen-bond donors (Lipinski definition) is 2. The van der Waals surface area contributed by atoms with Crippen molar-refractivity contribution in [2.24, 2.45) is 0 Å². The van der Waals surface area contributed by atoms with Crippen molar-refractivity contribution in [3.8, 4) is 5.75 Å². The Bertz CT molecular complexity index is 980. The molecule has 2 aromatic carbocycles. The zero-order chi connectivity index (χ0) is 19.4. The van der Waals surface area contributed by atoms with Crippen LogP contribution in [0, 0.1) is 6.92 Å². The topological polar surface area (TPSA) is 87.3 Å². The molecule has 0 saturated heterocycles. The van der Waals surface area contributed by atoms with Gasteiger partial charge in [0.05, 0.1) is 18.3 Å². The highest BCUT2D eigenvalue weighted by Gasteiger charge is 2.22. The summed E-state index contributed by atoms with van der Waals surface area (Å²) in [4.78, 5) is 26.8. The van der Waals surface area contributed by atoms with Gasteiger partial charge in [0, 0.05) is 11.9 Å². The van der Waals surface area contributed by atoms with Crippen molar-refractivity contribution in [3.63, 3.8) is 0 Å². The van der Waals surface area contributed by atoms with E-state index in [1.165, 1.54) is 12.0 Å². The van der Waals surface area contributed by atoms with Crippen molar-refractivity contribution >= 4 is 28.4 Å². The molecule has 0 bridgehead atoms. The van der Waals surface area contributed by atoms with Gasteiger partial charge in [0.2, 0.25) is 5.91 Å². The van der Waals surface area contributed by atoms with Gasteiger partial charge in [0.25, 0.3) is 5.91 Å². The SMILES string of the molecule is CCN(CC(=O)Nc1ccccc1OC)C(=O)c1n[nH]c2ccc(C)cc12. The van der Waals surface area contributed by atoms with Crippen LogP contribution in [0.25, 0.3) is 10.9 Å². The van der Waals surface area contributed by atoms with Gasteiger partial charge < -0.3 is 15.0 Å². The minimum atomic E-state index is -0.300. The number of carbonyl (C=O) groups is 2. The molecule has 0 radical (unpaired) electrons. The number of aryl methyl sites for hydroxylation is 1. The second-order valence-corrected chi connectivity index (χ2v) is 6.19. The number of amides is 2. The van der Waals surface area contributed by atoms with Crippen LogP contribution in [-0.4, -0.2) is 47.1 Å². The highest BCUT2D eigenvalue weighted by molar-refractivity contribution is 6.06. The highest BCUT2D eigenvalue weighted by Crippen LogP contribution is 2.23. The van der Waals surface area contributed by atoms with Crippen molar-refractivity contribution in [2.45, 2.75) is 13.8 Å². The number of benzene rings is 2. The van der Waals surface area contributed by atoms with E-state index in [-0.39, 0.29) is 18.4 Å². The average molecular weight is 366 g/mol. The molecule has 7 nitrogen and oxygen atoms in total. The average Bonchev–Trinajstić information content (AvgIpc) is 3.09. The molecule has 2 N–H and O–H groups in total. The molecule has 0 fully saturated rings. The molecule has 7 heteroatoms. The number of nitrogens with zero attached hydrogens (tertiary/aromatic N) is 2. The number of nitrogens with one attached hydrogen (secondary N) is 2. The number of methoxy groups -OCH3 is 1. The van der Waals surface area contributed by atoms with Gasteiger partial charge in [-0.3, -0.25) is 14.7 Å².